The highest BCUT2D eigenvalue weighted by Crippen LogP contribution is 2.22. The smallest absolute Gasteiger partial charge is 0.410 e. The number of aliphatic hydroxyl groups is 1. The van der Waals surface area contributed by atoms with Crippen LogP contribution in [0.25, 0.3) is 0 Å². The van der Waals surface area contributed by atoms with E-state index in [0.717, 1.165) is 0 Å². The number of amides is 1. The number of rotatable bonds is 1. The summed E-state index contributed by atoms with van der Waals surface area (Å²) in [4.78, 5) is 21.4. The molecule has 0 aromatic rings. The molecule has 0 radical (unpaired) electrons. The Hall–Kier alpha value is -1.30. The lowest BCUT2D eigenvalue weighted by Crippen LogP contribution is -2.44. The second kappa shape index (κ2) is 2.98. The third-order valence-corrected chi connectivity index (χ3v) is 1.86. The molecule has 1 unspecified atom stereocenters. The van der Waals surface area contributed by atoms with Gasteiger partial charge in [-0.3, -0.25) is 4.90 Å². The molecule has 3 N–H and O–H groups in total. The molecule has 1 aliphatic heterocycles. The Bertz CT molecular complexity index is 216. The van der Waals surface area contributed by atoms with Gasteiger partial charge in [0, 0.05) is 0 Å². The van der Waals surface area contributed by atoms with Crippen LogP contribution < -0.4 is 0 Å². The van der Waals surface area contributed by atoms with Crippen LogP contribution in [0.3, 0.4) is 0 Å². The molecule has 68 valence electrons. The summed E-state index contributed by atoms with van der Waals surface area (Å²) < 4.78 is 0. The molecule has 0 spiro atoms. The monoisotopic (exact) mass is 175 g/mol. The second-order valence-electron chi connectivity index (χ2n) is 2.60. The summed E-state index contributed by atoms with van der Waals surface area (Å²) >= 11 is 0. The quantitative estimate of drug-likeness (QED) is 0.500. The van der Waals surface area contributed by atoms with Crippen molar-refractivity contribution in [1.29, 1.82) is 0 Å². The zero-order valence-electron chi connectivity index (χ0n) is 6.17. The topological polar surface area (TPSA) is 98.1 Å². The molecule has 1 fully saturated rings. The number of hydrogen-bond acceptors (Lipinski definition) is 3. The zero-order valence-corrected chi connectivity index (χ0v) is 6.17. The average molecular weight is 175 g/mol. The van der Waals surface area contributed by atoms with Crippen molar-refractivity contribution in [1.82, 2.24) is 4.90 Å². The largest absolute Gasteiger partial charge is 0.480 e. The van der Waals surface area contributed by atoms with Crippen LogP contribution in [0.15, 0.2) is 0 Å². The first-order valence-electron chi connectivity index (χ1n) is 3.46. The van der Waals surface area contributed by atoms with E-state index in [0.29, 0.717) is 4.90 Å². The van der Waals surface area contributed by atoms with Gasteiger partial charge in [0.1, 0.15) is 12.3 Å². The summed E-state index contributed by atoms with van der Waals surface area (Å²) in [5, 5.41) is 26.1. The zero-order chi connectivity index (χ0) is 9.30. The highest BCUT2D eigenvalue weighted by molar-refractivity contribution is 5.80. The molecule has 1 rings (SSSR count). The Kier molecular flexibility index (Phi) is 2.18. The van der Waals surface area contributed by atoms with Crippen LogP contribution in [0.4, 0.5) is 4.79 Å². The maximum Gasteiger partial charge on any atom is 0.410 e. The summed E-state index contributed by atoms with van der Waals surface area (Å²) in [6.07, 6.45) is -2.22. The first-order valence-corrected chi connectivity index (χ1v) is 3.46. The van der Waals surface area contributed by atoms with Crippen LogP contribution in [-0.4, -0.2) is 44.6 Å². The number of carboxylic acid groups (broad SMARTS) is 2. The summed E-state index contributed by atoms with van der Waals surface area (Å²) in [5.41, 5.74) is 0. The fourth-order valence-electron chi connectivity index (χ4n) is 1.30. The van der Waals surface area contributed by atoms with Crippen molar-refractivity contribution in [3.63, 3.8) is 0 Å². The first-order chi connectivity index (χ1) is 5.54. The van der Waals surface area contributed by atoms with E-state index in [1.165, 1.54) is 0 Å². The molecule has 1 saturated heterocycles. The Morgan fingerprint density at radius 3 is 2.17 bits per heavy atom. The molecule has 6 nitrogen and oxygen atoms in total. The minimum Gasteiger partial charge on any atom is -0.480 e. The summed E-state index contributed by atoms with van der Waals surface area (Å²) in [7, 11) is 0. The maximum absolute atomic E-state index is 10.4. The lowest BCUT2D eigenvalue weighted by molar-refractivity contribution is -0.143. The third kappa shape index (κ3) is 1.33. The molecule has 0 aliphatic carbocycles. The number of carboxylic acids is 1. The Morgan fingerprint density at radius 2 is 1.83 bits per heavy atom. The van der Waals surface area contributed by atoms with Gasteiger partial charge in [0.25, 0.3) is 0 Å². The Labute approximate surface area is 68.0 Å². The maximum atomic E-state index is 10.4. The average Bonchev–Trinajstić information content (AvgIpc) is 2.30. The van der Waals surface area contributed by atoms with Crippen LogP contribution >= 0.6 is 0 Å². The molecular formula is C6H9NO5. The van der Waals surface area contributed by atoms with E-state index < -0.39 is 24.3 Å². The predicted octanol–water partition coefficient (Wildman–Crippen LogP) is -0.468. The van der Waals surface area contributed by atoms with Crippen LogP contribution in [-0.2, 0) is 4.79 Å². The van der Waals surface area contributed by atoms with E-state index >= 15 is 0 Å². The Morgan fingerprint density at radius 1 is 1.25 bits per heavy atom. The van der Waals surface area contributed by atoms with Crippen molar-refractivity contribution in [3.05, 3.63) is 0 Å². The van der Waals surface area contributed by atoms with Gasteiger partial charge in [0.15, 0.2) is 0 Å². The van der Waals surface area contributed by atoms with Crippen molar-refractivity contribution < 1.29 is 24.9 Å². The fourth-order valence-corrected chi connectivity index (χ4v) is 1.30. The van der Waals surface area contributed by atoms with E-state index in [2.05, 4.69) is 0 Å². The molecule has 0 aromatic carbocycles. The van der Waals surface area contributed by atoms with Gasteiger partial charge in [-0.2, -0.15) is 0 Å². The van der Waals surface area contributed by atoms with Gasteiger partial charge in [-0.05, 0) is 12.8 Å². The van der Waals surface area contributed by atoms with Crippen LogP contribution in [0.2, 0.25) is 0 Å². The van der Waals surface area contributed by atoms with Gasteiger partial charge in [-0.1, -0.05) is 0 Å². The number of aliphatic hydroxyl groups excluding tert-OH is 1. The fraction of sp³-hybridized carbons (Fsp3) is 0.667. The molecule has 1 heterocycles. The number of carbonyl (C=O) groups is 2. The summed E-state index contributed by atoms with van der Waals surface area (Å²) in [5.74, 6) is -1.21. The molecule has 1 amide bonds. The molecule has 0 saturated carbocycles. The lowest BCUT2D eigenvalue weighted by Gasteiger charge is -2.20. The molecule has 0 bridgehead atoms. The molecule has 12 heavy (non-hydrogen) atoms. The van der Waals surface area contributed by atoms with E-state index in [4.69, 9.17) is 15.3 Å². The predicted molar refractivity (Wildman–Crippen MR) is 36.5 cm³/mol. The third-order valence-electron chi connectivity index (χ3n) is 1.86. The van der Waals surface area contributed by atoms with Gasteiger partial charge < -0.3 is 15.3 Å². The van der Waals surface area contributed by atoms with Crippen molar-refractivity contribution >= 4 is 12.1 Å². The molecule has 2 atom stereocenters. The van der Waals surface area contributed by atoms with E-state index in [1.807, 2.05) is 0 Å². The normalized spacial score (nSPS) is 28.9. The molecule has 6 heteroatoms. The Balaban J connectivity index is 2.77. The standard InChI is InChI=1S/C6H9NO5/c8-4-2-1-3(5(9)10)7(4)6(11)12/h3-4,8H,1-2H2,(H,9,10)(H,11,12)/t3-,4?/m1/s1. The van der Waals surface area contributed by atoms with E-state index in [-0.39, 0.29) is 12.8 Å². The van der Waals surface area contributed by atoms with Gasteiger partial charge in [-0.15, -0.1) is 0 Å². The second-order valence-corrected chi connectivity index (χ2v) is 2.60. The van der Waals surface area contributed by atoms with Crippen LogP contribution in [0, 0.1) is 0 Å². The number of nitrogens with zero attached hydrogens (tertiary/aromatic N) is 1. The van der Waals surface area contributed by atoms with Crippen molar-refractivity contribution in [2.24, 2.45) is 0 Å². The van der Waals surface area contributed by atoms with Crippen LogP contribution in [0.1, 0.15) is 12.8 Å². The number of likely N-dealkylation sites (tertiary alicyclic amines) is 1. The van der Waals surface area contributed by atoms with Gasteiger partial charge in [0.2, 0.25) is 0 Å². The molecular weight excluding hydrogens is 166 g/mol. The van der Waals surface area contributed by atoms with Gasteiger partial charge in [0.05, 0.1) is 0 Å². The SMILES string of the molecule is O=C(O)[C@H]1CCC(O)N1C(=O)O. The molecule has 0 aromatic heterocycles. The van der Waals surface area contributed by atoms with Gasteiger partial charge >= 0.3 is 12.1 Å². The minimum atomic E-state index is -1.40. The van der Waals surface area contributed by atoms with E-state index in [9.17, 15) is 9.59 Å². The van der Waals surface area contributed by atoms with Crippen molar-refractivity contribution in [2.75, 3.05) is 0 Å². The number of aliphatic carboxylic acids is 1. The lowest BCUT2D eigenvalue weighted by atomic mass is 10.2. The summed E-state index contributed by atoms with van der Waals surface area (Å²) in [6.45, 7) is 0. The highest BCUT2D eigenvalue weighted by atomic mass is 16.4. The van der Waals surface area contributed by atoms with E-state index in [1.54, 1.807) is 0 Å². The van der Waals surface area contributed by atoms with Crippen molar-refractivity contribution in [3.8, 4) is 0 Å². The van der Waals surface area contributed by atoms with Crippen molar-refractivity contribution in [2.45, 2.75) is 25.1 Å². The summed E-state index contributed by atoms with van der Waals surface area (Å²) in [6, 6.07) is -1.10. The first kappa shape index (κ1) is 8.79. The highest BCUT2D eigenvalue weighted by Gasteiger charge is 2.40. The minimum absolute atomic E-state index is 0.169. The van der Waals surface area contributed by atoms with Gasteiger partial charge in [-0.25, -0.2) is 9.59 Å². The van der Waals surface area contributed by atoms with Crippen LogP contribution in [0.5, 0.6) is 0 Å². The number of hydrogen-bond donors (Lipinski definition) is 3. The molecule has 1 aliphatic rings.